The summed E-state index contributed by atoms with van der Waals surface area (Å²) in [6.45, 7) is 8.48. The summed E-state index contributed by atoms with van der Waals surface area (Å²) in [4.78, 5) is 18.8. The van der Waals surface area contributed by atoms with Gasteiger partial charge < -0.3 is 15.2 Å². The van der Waals surface area contributed by atoms with Crippen LogP contribution < -0.4 is 5.32 Å². The van der Waals surface area contributed by atoms with Crippen LogP contribution in [0, 0.1) is 0 Å². The number of nitrogens with one attached hydrogen (secondary N) is 2. The second-order valence-corrected chi connectivity index (χ2v) is 9.21. The summed E-state index contributed by atoms with van der Waals surface area (Å²) in [6.07, 6.45) is 1.88. The van der Waals surface area contributed by atoms with E-state index in [1.54, 1.807) is 0 Å². The smallest absolute Gasteiger partial charge is 0.256 e. The number of aromatic amines is 1. The first-order valence-electron chi connectivity index (χ1n) is 11.2. The lowest BCUT2D eigenvalue weighted by molar-refractivity contribution is 0.0752. The summed E-state index contributed by atoms with van der Waals surface area (Å²) in [6, 6.07) is 26.6. The monoisotopic (exact) mass is 425 g/mol. The van der Waals surface area contributed by atoms with Crippen LogP contribution in [0.1, 0.15) is 42.3 Å². The van der Waals surface area contributed by atoms with Crippen LogP contribution in [-0.4, -0.2) is 28.9 Å². The molecule has 1 heterocycles. The molecule has 4 rings (SSSR count). The van der Waals surface area contributed by atoms with Gasteiger partial charge in [0.05, 0.1) is 11.1 Å². The zero-order valence-electron chi connectivity index (χ0n) is 19.1. The van der Waals surface area contributed by atoms with E-state index in [9.17, 15) is 4.79 Å². The number of H-pyrrole nitrogens is 1. The highest BCUT2D eigenvalue weighted by molar-refractivity contribution is 6.05. The lowest BCUT2D eigenvalue weighted by Gasteiger charge is -2.25. The van der Waals surface area contributed by atoms with E-state index in [2.05, 4.69) is 55.3 Å². The molecule has 1 amide bonds. The van der Waals surface area contributed by atoms with Crippen molar-refractivity contribution in [1.82, 2.24) is 9.88 Å². The van der Waals surface area contributed by atoms with Crippen molar-refractivity contribution in [3.05, 3.63) is 102 Å². The number of anilines is 1. The number of hydrogen-bond donors (Lipinski definition) is 2. The minimum absolute atomic E-state index is 0.0350. The first kappa shape index (κ1) is 21.7. The number of hydrogen-bond acceptors (Lipinski definition) is 2. The number of carbonyl (C=O) groups excluding carboxylic acids is 1. The maximum atomic E-state index is 13.6. The number of carbonyl (C=O) groups is 1. The Morgan fingerprint density at radius 3 is 2.38 bits per heavy atom. The van der Waals surface area contributed by atoms with Gasteiger partial charge >= 0.3 is 0 Å². The Balaban J connectivity index is 1.55. The third-order valence-corrected chi connectivity index (χ3v) is 5.78. The van der Waals surface area contributed by atoms with E-state index in [0.717, 1.165) is 22.2 Å². The fourth-order valence-electron chi connectivity index (χ4n) is 3.91. The molecule has 0 saturated heterocycles. The molecule has 4 heteroatoms. The van der Waals surface area contributed by atoms with E-state index < -0.39 is 0 Å². The van der Waals surface area contributed by atoms with Gasteiger partial charge in [0.25, 0.3) is 5.91 Å². The lowest BCUT2D eigenvalue weighted by atomic mass is 9.87. The summed E-state index contributed by atoms with van der Waals surface area (Å²) in [5.41, 5.74) is 5.18. The number of amides is 1. The van der Waals surface area contributed by atoms with Crippen molar-refractivity contribution in [2.75, 3.05) is 18.4 Å². The Hall–Kier alpha value is -3.53. The quantitative estimate of drug-likeness (QED) is 0.369. The number of aromatic nitrogens is 1. The van der Waals surface area contributed by atoms with E-state index in [4.69, 9.17) is 0 Å². The van der Waals surface area contributed by atoms with Crippen molar-refractivity contribution >= 4 is 22.5 Å². The SMILES string of the molecule is CC(C)(C)c1ccc(CN(CCNc2ccccc2)C(=O)c2cccc3cc[nH]c23)cc1. The van der Waals surface area contributed by atoms with Crippen LogP contribution in [0.15, 0.2) is 85.1 Å². The van der Waals surface area contributed by atoms with Gasteiger partial charge in [0.1, 0.15) is 0 Å². The molecule has 2 N–H and O–H groups in total. The van der Waals surface area contributed by atoms with Crippen molar-refractivity contribution in [3.63, 3.8) is 0 Å². The molecular formula is C28H31N3O. The number of fused-ring (bicyclic) bond motifs is 1. The van der Waals surface area contributed by atoms with Gasteiger partial charge in [-0.25, -0.2) is 0 Å². The number of nitrogens with zero attached hydrogens (tertiary/aromatic N) is 1. The minimum Gasteiger partial charge on any atom is -0.383 e. The van der Waals surface area contributed by atoms with Crippen LogP contribution in [0.25, 0.3) is 10.9 Å². The maximum absolute atomic E-state index is 13.6. The maximum Gasteiger partial charge on any atom is 0.256 e. The van der Waals surface area contributed by atoms with E-state index in [0.29, 0.717) is 25.2 Å². The molecule has 32 heavy (non-hydrogen) atoms. The molecule has 0 radical (unpaired) electrons. The van der Waals surface area contributed by atoms with Gasteiger partial charge in [0.15, 0.2) is 0 Å². The Bertz CT molecular complexity index is 1170. The topological polar surface area (TPSA) is 48.1 Å². The molecule has 0 bridgehead atoms. The molecule has 0 aliphatic heterocycles. The van der Waals surface area contributed by atoms with Crippen LogP contribution in [0.2, 0.25) is 0 Å². The van der Waals surface area contributed by atoms with Crippen LogP contribution in [0.5, 0.6) is 0 Å². The van der Waals surface area contributed by atoms with Crippen molar-refractivity contribution < 1.29 is 4.79 Å². The third kappa shape index (κ3) is 5.02. The zero-order chi connectivity index (χ0) is 22.6. The molecule has 1 aromatic heterocycles. The van der Waals surface area contributed by atoms with Gasteiger partial charge in [0, 0.05) is 36.9 Å². The second kappa shape index (κ2) is 9.31. The molecule has 0 saturated carbocycles. The van der Waals surface area contributed by atoms with Gasteiger partial charge in [-0.2, -0.15) is 0 Å². The van der Waals surface area contributed by atoms with Crippen LogP contribution >= 0.6 is 0 Å². The predicted molar refractivity (Wildman–Crippen MR) is 133 cm³/mol. The van der Waals surface area contributed by atoms with Crippen LogP contribution in [0.3, 0.4) is 0 Å². The van der Waals surface area contributed by atoms with Crippen molar-refractivity contribution in [1.29, 1.82) is 0 Å². The van der Waals surface area contributed by atoms with Crippen LogP contribution in [0.4, 0.5) is 5.69 Å². The average Bonchev–Trinajstić information content (AvgIpc) is 3.27. The van der Waals surface area contributed by atoms with Gasteiger partial charge in [-0.15, -0.1) is 0 Å². The summed E-state index contributed by atoms with van der Waals surface area (Å²) in [5, 5.41) is 4.48. The van der Waals surface area contributed by atoms with Gasteiger partial charge in [0.2, 0.25) is 0 Å². The highest BCUT2D eigenvalue weighted by atomic mass is 16.2. The second-order valence-electron chi connectivity index (χ2n) is 9.21. The zero-order valence-corrected chi connectivity index (χ0v) is 19.1. The molecule has 4 nitrogen and oxygen atoms in total. The highest BCUT2D eigenvalue weighted by Crippen LogP contribution is 2.23. The Labute approximate surface area is 190 Å². The normalized spacial score (nSPS) is 11.5. The summed E-state index contributed by atoms with van der Waals surface area (Å²) in [5.74, 6) is 0.0350. The third-order valence-electron chi connectivity index (χ3n) is 5.78. The van der Waals surface area contributed by atoms with Gasteiger partial charge in [-0.1, -0.05) is 75.4 Å². The average molecular weight is 426 g/mol. The Morgan fingerprint density at radius 2 is 1.66 bits per heavy atom. The summed E-state index contributed by atoms with van der Waals surface area (Å²) in [7, 11) is 0. The van der Waals surface area contributed by atoms with E-state index in [1.165, 1.54) is 5.56 Å². The highest BCUT2D eigenvalue weighted by Gasteiger charge is 2.19. The molecule has 3 aromatic carbocycles. The molecule has 0 unspecified atom stereocenters. The molecule has 0 fully saturated rings. The fraction of sp³-hybridized carbons (Fsp3) is 0.250. The number of benzene rings is 3. The first-order chi connectivity index (χ1) is 15.4. The molecule has 0 spiro atoms. The molecular weight excluding hydrogens is 394 g/mol. The molecule has 0 aliphatic rings. The summed E-state index contributed by atoms with van der Waals surface area (Å²) >= 11 is 0. The number of para-hydroxylation sites is 2. The predicted octanol–water partition coefficient (Wildman–Crippen LogP) is 6.22. The van der Waals surface area contributed by atoms with Gasteiger partial charge in [-0.05, 0) is 40.8 Å². The first-order valence-corrected chi connectivity index (χ1v) is 11.2. The number of rotatable bonds is 7. The largest absolute Gasteiger partial charge is 0.383 e. The molecule has 0 aliphatic carbocycles. The van der Waals surface area contributed by atoms with Crippen molar-refractivity contribution in [2.24, 2.45) is 0 Å². The van der Waals surface area contributed by atoms with E-state index in [1.807, 2.05) is 65.7 Å². The van der Waals surface area contributed by atoms with Crippen molar-refractivity contribution in [2.45, 2.75) is 32.7 Å². The Morgan fingerprint density at radius 1 is 0.906 bits per heavy atom. The van der Waals surface area contributed by atoms with E-state index in [-0.39, 0.29) is 11.3 Å². The summed E-state index contributed by atoms with van der Waals surface area (Å²) < 4.78 is 0. The molecule has 0 atom stereocenters. The lowest BCUT2D eigenvalue weighted by Crippen LogP contribution is -2.34. The fourth-order valence-corrected chi connectivity index (χ4v) is 3.91. The minimum atomic E-state index is 0.0350. The van der Waals surface area contributed by atoms with Crippen LogP contribution in [-0.2, 0) is 12.0 Å². The van der Waals surface area contributed by atoms with Crippen molar-refractivity contribution in [3.8, 4) is 0 Å². The molecule has 164 valence electrons. The Kier molecular flexibility index (Phi) is 6.31. The van der Waals surface area contributed by atoms with E-state index >= 15 is 0 Å². The molecule has 4 aromatic rings. The van der Waals surface area contributed by atoms with Gasteiger partial charge in [-0.3, -0.25) is 4.79 Å². The standard InChI is InChI=1S/C28H31N3O/c1-28(2,3)23-14-12-21(13-15-23)20-31(19-18-29-24-9-5-4-6-10-24)27(32)25-11-7-8-22-16-17-30-26(22)25/h4-17,29-30H,18-20H2,1-3H3.